The zero-order chi connectivity index (χ0) is 24.4. The molecule has 0 atom stereocenters. The second-order valence-electron chi connectivity index (χ2n) is 7.51. The third-order valence-corrected chi connectivity index (χ3v) is 6.51. The Morgan fingerprint density at radius 2 is 1.79 bits per heavy atom. The van der Waals surface area contributed by atoms with E-state index in [2.05, 4.69) is 15.2 Å². The van der Waals surface area contributed by atoms with Crippen molar-refractivity contribution in [1.29, 1.82) is 0 Å². The van der Waals surface area contributed by atoms with Gasteiger partial charge in [-0.25, -0.2) is 22.2 Å². The van der Waals surface area contributed by atoms with Crippen molar-refractivity contribution in [1.82, 2.24) is 14.1 Å². The van der Waals surface area contributed by atoms with E-state index < -0.39 is 33.4 Å². The first-order valence-electron chi connectivity index (χ1n) is 10.1. The van der Waals surface area contributed by atoms with Crippen molar-refractivity contribution < 1.29 is 35.9 Å². The molecular formula is C20H23F3N4O5S. The monoisotopic (exact) mass is 488 g/mol. The maximum Gasteiger partial charge on any atom is 0.434 e. The summed E-state index contributed by atoms with van der Waals surface area (Å²) in [6.07, 6.45) is -2.19. The molecule has 180 valence electrons. The maximum atomic E-state index is 13.6. The highest BCUT2D eigenvalue weighted by molar-refractivity contribution is 7.88. The molecule has 1 aromatic carbocycles. The number of esters is 1. The van der Waals surface area contributed by atoms with E-state index in [1.807, 2.05) is 0 Å². The van der Waals surface area contributed by atoms with Crippen LogP contribution in [-0.4, -0.2) is 60.3 Å². The first-order valence-corrected chi connectivity index (χ1v) is 12.0. The van der Waals surface area contributed by atoms with Gasteiger partial charge in [0.1, 0.15) is 5.56 Å². The molecule has 0 radical (unpaired) electrons. The maximum absolute atomic E-state index is 13.6. The Morgan fingerprint density at radius 1 is 1.18 bits per heavy atom. The Labute approximate surface area is 188 Å². The van der Waals surface area contributed by atoms with Crippen molar-refractivity contribution in [3.63, 3.8) is 0 Å². The van der Waals surface area contributed by atoms with Gasteiger partial charge in [0.25, 0.3) is 0 Å². The lowest BCUT2D eigenvalue weighted by Gasteiger charge is -2.29. The van der Waals surface area contributed by atoms with Crippen molar-refractivity contribution in [3.8, 4) is 5.69 Å². The van der Waals surface area contributed by atoms with Crippen molar-refractivity contribution in [3.05, 3.63) is 41.7 Å². The van der Waals surface area contributed by atoms with Crippen LogP contribution >= 0.6 is 0 Å². The predicted molar refractivity (Wildman–Crippen MR) is 112 cm³/mol. The zero-order valence-corrected chi connectivity index (χ0v) is 18.7. The molecule has 13 heteroatoms. The number of halogens is 3. The predicted octanol–water partition coefficient (Wildman–Crippen LogP) is 2.68. The number of hydrogen-bond donors (Lipinski definition) is 1. The summed E-state index contributed by atoms with van der Waals surface area (Å²) in [6, 6.07) is 5.51. The van der Waals surface area contributed by atoms with Crippen LogP contribution in [0.5, 0.6) is 0 Å². The van der Waals surface area contributed by atoms with E-state index in [9.17, 15) is 31.2 Å². The second kappa shape index (κ2) is 9.51. The number of rotatable bonds is 6. The SMILES string of the molecule is CCOC(=O)c1cnn(-c2ccc(NC(=O)C3CCN(S(C)(=O)=O)CC3)cc2)c1C(F)(F)F. The van der Waals surface area contributed by atoms with Gasteiger partial charge in [0, 0.05) is 24.7 Å². The number of sulfonamides is 1. The van der Waals surface area contributed by atoms with Crippen LogP contribution < -0.4 is 5.32 Å². The van der Waals surface area contributed by atoms with Crippen molar-refractivity contribution >= 4 is 27.6 Å². The summed E-state index contributed by atoms with van der Waals surface area (Å²) in [5.41, 5.74) is -1.55. The fraction of sp³-hybridized carbons (Fsp3) is 0.450. The number of ether oxygens (including phenoxy) is 1. The smallest absolute Gasteiger partial charge is 0.434 e. The summed E-state index contributed by atoms with van der Waals surface area (Å²) in [7, 11) is -3.30. The molecular weight excluding hydrogens is 465 g/mol. The van der Waals surface area contributed by atoms with Gasteiger partial charge in [0.05, 0.1) is 24.7 Å². The number of hydrogen-bond acceptors (Lipinski definition) is 6. The Bertz CT molecular complexity index is 1120. The highest BCUT2D eigenvalue weighted by Crippen LogP contribution is 2.34. The average Bonchev–Trinajstić information content (AvgIpc) is 3.20. The molecule has 1 aliphatic rings. The molecule has 3 rings (SSSR count). The molecule has 2 heterocycles. The Balaban J connectivity index is 1.73. The Hall–Kier alpha value is -2.93. The van der Waals surface area contributed by atoms with Gasteiger partial charge in [-0.05, 0) is 44.0 Å². The number of nitrogens with zero attached hydrogens (tertiary/aromatic N) is 3. The van der Waals surface area contributed by atoms with Gasteiger partial charge in [-0.3, -0.25) is 4.79 Å². The van der Waals surface area contributed by atoms with Crippen molar-refractivity contribution in [2.75, 3.05) is 31.3 Å². The van der Waals surface area contributed by atoms with Crippen LogP contribution in [0.2, 0.25) is 0 Å². The molecule has 33 heavy (non-hydrogen) atoms. The number of carbonyl (C=O) groups is 2. The van der Waals surface area contributed by atoms with E-state index in [4.69, 9.17) is 0 Å². The van der Waals surface area contributed by atoms with Crippen LogP contribution in [0.25, 0.3) is 5.69 Å². The summed E-state index contributed by atoms with van der Waals surface area (Å²) in [4.78, 5) is 24.4. The summed E-state index contributed by atoms with van der Waals surface area (Å²) in [5, 5.41) is 6.40. The first kappa shape index (κ1) is 24.7. The topological polar surface area (TPSA) is 111 Å². The molecule has 9 nitrogen and oxygen atoms in total. The lowest BCUT2D eigenvalue weighted by Crippen LogP contribution is -2.40. The van der Waals surface area contributed by atoms with Gasteiger partial charge in [-0.2, -0.15) is 18.3 Å². The lowest BCUT2D eigenvalue weighted by atomic mass is 9.97. The van der Waals surface area contributed by atoms with Gasteiger partial charge in [-0.15, -0.1) is 0 Å². The third kappa shape index (κ3) is 5.71. The molecule has 1 fully saturated rings. The number of anilines is 1. The number of amides is 1. The summed E-state index contributed by atoms with van der Waals surface area (Å²) < 4.78 is 70.6. The largest absolute Gasteiger partial charge is 0.462 e. The normalized spacial score (nSPS) is 15.9. The molecule has 0 bridgehead atoms. The number of piperidine rings is 1. The second-order valence-corrected chi connectivity index (χ2v) is 9.49. The van der Waals surface area contributed by atoms with E-state index in [0.717, 1.165) is 12.5 Å². The number of carbonyl (C=O) groups excluding carboxylic acids is 2. The van der Waals surface area contributed by atoms with Crippen LogP contribution in [0.15, 0.2) is 30.5 Å². The molecule has 0 unspecified atom stereocenters. The number of aromatic nitrogens is 2. The van der Waals surface area contributed by atoms with Crippen LogP contribution in [0.1, 0.15) is 35.8 Å². The third-order valence-electron chi connectivity index (χ3n) is 5.21. The molecule has 1 N–H and O–H groups in total. The highest BCUT2D eigenvalue weighted by atomic mass is 32.2. The molecule has 1 aromatic heterocycles. The fourth-order valence-electron chi connectivity index (χ4n) is 3.56. The van der Waals surface area contributed by atoms with Gasteiger partial charge in [-0.1, -0.05) is 0 Å². The standard InChI is InChI=1S/C20H23F3N4O5S/c1-3-32-19(29)16-12-24-27(17(16)20(21,22)23)15-6-4-14(5-7-15)25-18(28)13-8-10-26(11-9-13)33(2,30)31/h4-7,12-13H,3,8-11H2,1-2H3,(H,25,28). The molecule has 0 aliphatic carbocycles. The van der Waals surface area contributed by atoms with Crippen LogP contribution in [-0.2, 0) is 25.7 Å². The minimum Gasteiger partial charge on any atom is -0.462 e. The minimum absolute atomic E-state index is 0.0392. The zero-order valence-electron chi connectivity index (χ0n) is 17.9. The summed E-state index contributed by atoms with van der Waals surface area (Å²) in [6.45, 7) is 1.90. The number of alkyl halides is 3. The highest BCUT2D eigenvalue weighted by Gasteiger charge is 2.41. The molecule has 1 aliphatic heterocycles. The number of nitrogens with one attached hydrogen (secondary N) is 1. The van der Waals surface area contributed by atoms with Gasteiger partial charge in [0.15, 0.2) is 5.69 Å². The van der Waals surface area contributed by atoms with E-state index in [-0.39, 0.29) is 37.2 Å². The van der Waals surface area contributed by atoms with Crippen LogP contribution in [0.3, 0.4) is 0 Å². The average molecular weight is 488 g/mol. The molecule has 1 saturated heterocycles. The first-order chi connectivity index (χ1) is 15.4. The molecule has 0 spiro atoms. The Kier molecular flexibility index (Phi) is 7.12. The Morgan fingerprint density at radius 3 is 2.30 bits per heavy atom. The molecule has 0 saturated carbocycles. The van der Waals surface area contributed by atoms with E-state index in [1.165, 1.54) is 35.5 Å². The van der Waals surface area contributed by atoms with E-state index >= 15 is 0 Å². The van der Waals surface area contributed by atoms with E-state index in [0.29, 0.717) is 23.2 Å². The van der Waals surface area contributed by atoms with Gasteiger partial charge >= 0.3 is 12.1 Å². The summed E-state index contributed by atoms with van der Waals surface area (Å²) in [5.74, 6) is -1.80. The van der Waals surface area contributed by atoms with Crippen LogP contribution in [0.4, 0.5) is 18.9 Å². The number of benzene rings is 1. The van der Waals surface area contributed by atoms with Crippen LogP contribution in [0, 0.1) is 5.92 Å². The fourth-order valence-corrected chi connectivity index (χ4v) is 4.43. The molecule has 2 aromatic rings. The van der Waals surface area contributed by atoms with Crippen molar-refractivity contribution in [2.45, 2.75) is 25.9 Å². The molecule has 1 amide bonds. The van der Waals surface area contributed by atoms with Gasteiger partial charge in [0.2, 0.25) is 15.9 Å². The van der Waals surface area contributed by atoms with Gasteiger partial charge < -0.3 is 10.1 Å². The minimum atomic E-state index is -4.85. The quantitative estimate of drug-likeness (QED) is 0.626. The van der Waals surface area contributed by atoms with Crippen molar-refractivity contribution in [2.24, 2.45) is 5.92 Å². The lowest BCUT2D eigenvalue weighted by molar-refractivity contribution is -0.143. The van der Waals surface area contributed by atoms with E-state index in [1.54, 1.807) is 0 Å². The summed E-state index contributed by atoms with van der Waals surface area (Å²) >= 11 is 0.